The summed E-state index contributed by atoms with van der Waals surface area (Å²) in [5, 5.41) is 18.4. The Morgan fingerprint density at radius 2 is 2.31 bits per heavy atom. The summed E-state index contributed by atoms with van der Waals surface area (Å²) in [6, 6.07) is 7.46. The van der Waals surface area contributed by atoms with Crippen LogP contribution in [0.3, 0.4) is 0 Å². The van der Waals surface area contributed by atoms with E-state index in [1.54, 1.807) is 19.1 Å². The van der Waals surface area contributed by atoms with E-state index in [4.69, 9.17) is 5.26 Å². The first kappa shape index (κ1) is 10.7. The fraction of sp³-hybridized carbons (Fsp3) is 0.333. The zero-order valence-corrected chi connectivity index (χ0v) is 9.31. The SMILES string of the molecule is CCn1c(C(C)O)nc2cc(C#N)ccc21. The van der Waals surface area contributed by atoms with Gasteiger partial charge in [-0.25, -0.2) is 4.98 Å². The van der Waals surface area contributed by atoms with Gasteiger partial charge in [0.05, 0.1) is 22.7 Å². The van der Waals surface area contributed by atoms with Gasteiger partial charge in [0.1, 0.15) is 11.9 Å². The van der Waals surface area contributed by atoms with Crippen LogP contribution < -0.4 is 0 Å². The second kappa shape index (κ2) is 3.95. The Hall–Kier alpha value is -1.86. The minimum atomic E-state index is -0.599. The Balaban J connectivity index is 2.72. The number of hydrogen-bond acceptors (Lipinski definition) is 3. The van der Waals surface area contributed by atoms with E-state index in [9.17, 15) is 5.11 Å². The maximum absolute atomic E-state index is 9.61. The van der Waals surface area contributed by atoms with Crippen molar-refractivity contribution in [2.45, 2.75) is 26.5 Å². The van der Waals surface area contributed by atoms with Crippen LogP contribution in [0.15, 0.2) is 18.2 Å². The van der Waals surface area contributed by atoms with Gasteiger partial charge < -0.3 is 9.67 Å². The molecule has 0 aliphatic carbocycles. The lowest BCUT2D eigenvalue weighted by molar-refractivity contribution is 0.184. The number of imidazole rings is 1. The third-order valence-electron chi connectivity index (χ3n) is 2.60. The number of aromatic nitrogens is 2. The largest absolute Gasteiger partial charge is 0.385 e. The van der Waals surface area contributed by atoms with E-state index in [-0.39, 0.29) is 0 Å². The van der Waals surface area contributed by atoms with E-state index in [0.717, 1.165) is 17.6 Å². The molecule has 82 valence electrons. The lowest BCUT2D eigenvalue weighted by Gasteiger charge is -2.07. The molecule has 0 amide bonds. The number of aryl methyl sites for hydroxylation is 1. The molecule has 16 heavy (non-hydrogen) atoms. The number of benzene rings is 1. The third-order valence-corrected chi connectivity index (χ3v) is 2.60. The quantitative estimate of drug-likeness (QED) is 0.833. The number of hydrogen-bond donors (Lipinski definition) is 1. The number of nitriles is 1. The Morgan fingerprint density at radius 3 is 2.88 bits per heavy atom. The van der Waals surface area contributed by atoms with E-state index >= 15 is 0 Å². The predicted octanol–water partition coefficient (Wildman–Crippen LogP) is 1.98. The molecule has 0 aliphatic rings. The number of rotatable bonds is 2. The highest BCUT2D eigenvalue weighted by molar-refractivity contribution is 5.77. The molecule has 1 N–H and O–H groups in total. The number of fused-ring (bicyclic) bond motifs is 1. The summed E-state index contributed by atoms with van der Waals surface area (Å²) in [6.45, 7) is 4.45. The van der Waals surface area contributed by atoms with Gasteiger partial charge in [0.15, 0.2) is 0 Å². The van der Waals surface area contributed by atoms with Gasteiger partial charge in [0.2, 0.25) is 0 Å². The van der Waals surface area contributed by atoms with Gasteiger partial charge in [0, 0.05) is 6.54 Å². The molecule has 2 aromatic rings. The summed E-state index contributed by atoms with van der Waals surface area (Å²) in [7, 11) is 0. The average Bonchev–Trinajstić information content (AvgIpc) is 2.66. The van der Waals surface area contributed by atoms with Crippen molar-refractivity contribution in [1.82, 2.24) is 9.55 Å². The number of aliphatic hydroxyl groups excluding tert-OH is 1. The van der Waals surface area contributed by atoms with Crippen LogP contribution in [0.5, 0.6) is 0 Å². The molecule has 0 fully saturated rings. The second-order valence-corrected chi connectivity index (χ2v) is 3.71. The summed E-state index contributed by atoms with van der Waals surface area (Å²) < 4.78 is 1.96. The molecule has 0 aliphatic heterocycles. The van der Waals surface area contributed by atoms with Gasteiger partial charge in [0.25, 0.3) is 0 Å². The lowest BCUT2D eigenvalue weighted by atomic mass is 10.2. The Labute approximate surface area is 93.8 Å². The molecule has 0 spiro atoms. The Bertz CT molecular complexity index is 563. The molecule has 0 saturated heterocycles. The highest BCUT2D eigenvalue weighted by Crippen LogP contribution is 2.21. The molecule has 1 atom stereocenters. The molecule has 4 heteroatoms. The summed E-state index contributed by atoms with van der Waals surface area (Å²) in [6.07, 6.45) is -0.599. The van der Waals surface area contributed by atoms with Crippen molar-refractivity contribution in [3.05, 3.63) is 29.6 Å². The van der Waals surface area contributed by atoms with Crippen LogP contribution in [-0.2, 0) is 6.54 Å². The molecule has 1 aromatic heterocycles. The highest BCUT2D eigenvalue weighted by atomic mass is 16.3. The van der Waals surface area contributed by atoms with Crippen LogP contribution >= 0.6 is 0 Å². The molecular weight excluding hydrogens is 202 g/mol. The maximum atomic E-state index is 9.61. The van der Waals surface area contributed by atoms with Gasteiger partial charge in [-0.2, -0.15) is 5.26 Å². The topological polar surface area (TPSA) is 61.8 Å². The van der Waals surface area contributed by atoms with Crippen molar-refractivity contribution in [1.29, 1.82) is 5.26 Å². The van der Waals surface area contributed by atoms with E-state index in [0.29, 0.717) is 11.4 Å². The molecule has 1 unspecified atom stereocenters. The fourth-order valence-electron chi connectivity index (χ4n) is 1.87. The second-order valence-electron chi connectivity index (χ2n) is 3.71. The van der Waals surface area contributed by atoms with Crippen molar-refractivity contribution >= 4 is 11.0 Å². The Kier molecular flexibility index (Phi) is 2.63. The maximum Gasteiger partial charge on any atom is 0.138 e. The van der Waals surface area contributed by atoms with Crippen LogP contribution in [0.25, 0.3) is 11.0 Å². The first-order valence-electron chi connectivity index (χ1n) is 5.25. The van der Waals surface area contributed by atoms with E-state index in [2.05, 4.69) is 11.1 Å². The highest BCUT2D eigenvalue weighted by Gasteiger charge is 2.13. The zero-order valence-electron chi connectivity index (χ0n) is 9.31. The van der Waals surface area contributed by atoms with Crippen molar-refractivity contribution in [3.8, 4) is 6.07 Å². The van der Waals surface area contributed by atoms with Gasteiger partial charge in [-0.1, -0.05) is 0 Å². The fourth-order valence-corrected chi connectivity index (χ4v) is 1.87. The third kappa shape index (κ3) is 1.55. The monoisotopic (exact) mass is 215 g/mol. The lowest BCUT2D eigenvalue weighted by Crippen LogP contribution is -2.04. The molecule has 4 nitrogen and oxygen atoms in total. The predicted molar refractivity (Wildman–Crippen MR) is 60.8 cm³/mol. The minimum Gasteiger partial charge on any atom is -0.385 e. The smallest absolute Gasteiger partial charge is 0.138 e. The molecule has 1 aromatic carbocycles. The molecular formula is C12H13N3O. The van der Waals surface area contributed by atoms with Gasteiger partial charge >= 0.3 is 0 Å². The molecule has 0 saturated carbocycles. The van der Waals surface area contributed by atoms with Gasteiger partial charge in [-0.05, 0) is 32.0 Å². The van der Waals surface area contributed by atoms with E-state index < -0.39 is 6.10 Å². The summed E-state index contributed by atoms with van der Waals surface area (Å²) >= 11 is 0. The Morgan fingerprint density at radius 1 is 1.56 bits per heavy atom. The normalized spacial score (nSPS) is 12.6. The average molecular weight is 215 g/mol. The van der Waals surface area contributed by atoms with Crippen LogP contribution in [0.2, 0.25) is 0 Å². The first-order valence-corrected chi connectivity index (χ1v) is 5.25. The van der Waals surface area contributed by atoms with Crippen LogP contribution in [0.1, 0.15) is 31.3 Å². The summed E-state index contributed by atoms with van der Waals surface area (Å²) in [5.74, 6) is 0.646. The number of aliphatic hydroxyl groups is 1. The van der Waals surface area contributed by atoms with Crippen molar-refractivity contribution in [2.24, 2.45) is 0 Å². The van der Waals surface area contributed by atoms with Crippen molar-refractivity contribution in [2.75, 3.05) is 0 Å². The first-order chi connectivity index (χ1) is 7.67. The van der Waals surface area contributed by atoms with Crippen LogP contribution in [-0.4, -0.2) is 14.7 Å². The van der Waals surface area contributed by atoms with E-state index in [1.165, 1.54) is 0 Å². The van der Waals surface area contributed by atoms with Crippen LogP contribution in [0.4, 0.5) is 0 Å². The van der Waals surface area contributed by atoms with Crippen molar-refractivity contribution in [3.63, 3.8) is 0 Å². The minimum absolute atomic E-state index is 0.588. The number of nitrogens with zero attached hydrogens (tertiary/aromatic N) is 3. The standard InChI is InChI=1S/C12H13N3O/c1-3-15-11-5-4-9(7-13)6-10(11)14-12(15)8(2)16/h4-6,8,16H,3H2,1-2H3. The van der Waals surface area contributed by atoms with E-state index in [1.807, 2.05) is 17.6 Å². The molecule has 2 rings (SSSR count). The summed E-state index contributed by atoms with van der Waals surface area (Å²) in [4.78, 5) is 4.35. The van der Waals surface area contributed by atoms with Crippen molar-refractivity contribution < 1.29 is 5.11 Å². The molecule has 1 heterocycles. The van der Waals surface area contributed by atoms with Crippen LogP contribution in [0, 0.1) is 11.3 Å². The molecule has 0 radical (unpaired) electrons. The van der Waals surface area contributed by atoms with Gasteiger partial charge in [-0.15, -0.1) is 0 Å². The van der Waals surface area contributed by atoms with Gasteiger partial charge in [-0.3, -0.25) is 0 Å². The summed E-state index contributed by atoms with van der Waals surface area (Å²) in [5.41, 5.74) is 2.31. The zero-order chi connectivity index (χ0) is 11.7. The molecule has 0 bridgehead atoms.